The monoisotopic (exact) mass is 333 g/mol. The fourth-order valence-corrected chi connectivity index (χ4v) is 3.55. The molecule has 1 aromatic heterocycles. The molecule has 0 saturated carbocycles. The molecule has 0 amide bonds. The van der Waals surface area contributed by atoms with E-state index in [1.54, 1.807) is 7.11 Å². The maximum Gasteiger partial charge on any atom is 0.119 e. The lowest BCUT2D eigenvalue weighted by Crippen LogP contribution is -2.45. The van der Waals surface area contributed by atoms with Gasteiger partial charge in [-0.25, -0.2) is 0 Å². The number of hydrogen-bond donors (Lipinski definition) is 1. The lowest BCUT2D eigenvalue weighted by Gasteiger charge is -2.35. The molecule has 0 spiro atoms. The summed E-state index contributed by atoms with van der Waals surface area (Å²) in [6, 6.07) is 21.1. The van der Waals surface area contributed by atoms with E-state index in [4.69, 9.17) is 9.72 Å². The van der Waals surface area contributed by atoms with E-state index >= 15 is 0 Å². The van der Waals surface area contributed by atoms with Crippen molar-refractivity contribution in [1.29, 1.82) is 0 Å². The second-order valence-corrected chi connectivity index (χ2v) is 6.39. The fraction of sp³-hybridized carbons (Fsp3) is 0.286. The zero-order chi connectivity index (χ0) is 17.1. The molecule has 0 radical (unpaired) electrons. The average molecular weight is 333 g/mol. The van der Waals surface area contributed by atoms with Gasteiger partial charge in [0.05, 0.1) is 24.4 Å². The normalized spacial score (nSPS) is 16.7. The minimum atomic E-state index is 0.141. The Kier molecular flexibility index (Phi) is 4.63. The Morgan fingerprint density at radius 2 is 1.84 bits per heavy atom. The van der Waals surface area contributed by atoms with Gasteiger partial charge in [-0.3, -0.25) is 9.88 Å². The highest BCUT2D eigenvalue weighted by Crippen LogP contribution is 2.31. The lowest BCUT2D eigenvalue weighted by atomic mass is 9.99. The molecular weight excluding hydrogens is 310 g/mol. The van der Waals surface area contributed by atoms with Gasteiger partial charge in [0.2, 0.25) is 0 Å². The summed E-state index contributed by atoms with van der Waals surface area (Å²) in [4.78, 5) is 7.48. The van der Waals surface area contributed by atoms with Crippen LogP contribution in [0.1, 0.15) is 17.3 Å². The Labute approximate surface area is 148 Å². The van der Waals surface area contributed by atoms with Crippen molar-refractivity contribution in [2.75, 3.05) is 33.3 Å². The lowest BCUT2D eigenvalue weighted by molar-refractivity contribution is 0.195. The van der Waals surface area contributed by atoms with Gasteiger partial charge in [-0.15, -0.1) is 0 Å². The summed E-state index contributed by atoms with van der Waals surface area (Å²) in [7, 11) is 1.72. The third-order valence-corrected chi connectivity index (χ3v) is 4.83. The summed E-state index contributed by atoms with van der Waals surface area (Å²) in [5.74, 6) is 0.887. The standard InChI is InChI=1S/C21H23N3O/c1-25-18-7-4-6-17(15-18)21(24-13-11-22-12-14-24)20-10-9-16-5-2-3-8-19(16)23-20/h2-10,15,21-22H,11-14H2,1H3. The van der Waals surface area contributed by atoms with Crippen LogP contribution in [-0.2, 0) is 0 Å². The van der Waals surface area contributed by atoms with Crippen molar-refractivity contribution in [2.24, 2.45) is 0 Å². The van der Waals surface area contributed by atoms with Gasteiger partial charge in [-0.05, 0) is 29.8 Å². The molecule has 0 aliphatic carbocycles. The van der Waals surface area contributed by atoms with E-state index in [1.807, 2.05) is 12.1 Å². The number of benzene rings is 2. The predicted molar refractivity (Wildman–Crippen MR) is 101 cm³/mol. The molecule has 4 rings (SSSR count). The fourth-order valence-electron chi connectivity index (χ4n) is 3.55. The van der Waals surface area contributed by atoms with Crippen LogP contribution < -0.4 is 10.1 Å². The van der Waals surface area contributed by atoms with Crippen molar-refractivity contribution < 1.29 is 4.74 Å². The number of nitrogens with zero attached hydrogens (tertiary/aromatic N) is 2. The van der Waals surface area contributed by atoms with Crippen LogP contribution in [0.5, 0.6) is 5.75 Å². The van der Waals surface area contributed by atoms with E-state index in [1.165, 1.54) is 10.9 Å². The molecule has 1 unspecified atom stereocenters. The number of ether oxygens (including phenoxy) is 1. The molecule has 2 heterocycles. The summed E-state index contributed by atoms with van der Waals surface area (Å²) in [5.41, 5.74) is 3.36. The second kappa shape index (κ2) is 7.21. The van der Waals surface area contributed by atoms with Crippen molar-refractivity contribution in [3.8, 4) is 5.75 Å². The van der Waals surface area contributed by atoms with Crippen LogP contribution in [0.4, 0.5) is 0 Å². The SMILES string of the molecule is COc1cccc(C(c2ccc3ccccc3n2)N2CCNCC2)c1. The molecule has 4 nitrogen and oxygen atoms in total. The maximum atomic E-state index is 5.45. The minimum absolute atomic E-state index is 0.141. The highest BCUT2D eigenvalue weighted by molar-refractivity contribution is 5.78. The van der Waals surface area contributed by atoms with Crippen LogP contribution in [0.25, 0.3) is 10.9 Å². The first-order valence-corrected chi connectivity index (χ1v) is 8.79. The molecule has 1 fully saturated rings. The first-order chi connectivity index (χ1) is 12.3. The van der Waals surface area contributed by atoms with E-state index in [2.05, 4.69) is 58.7 Å². The minimum Gasteiger partial charge on any atom is -0.497 e. The van der Waals surface area contributed by atoms with Crippen LogP contribution in [-0.4, -0.2) is 43.2 Å². The van der Waals surface area contributed by atoms with E-state index in [0.717, 1.165) is 43.1 Å². The van der Waals surface area contributed by atoms with Crippen LogP contribution in [0.3, 0.4) is 0 Å². The van der Waals surface area contributed by atoms with Gasteiger partial charge in [-0.1, -0.05) is 36.4 Å². The van der Waals surface area contributed by atoms with Crippen LogP contribution in [0.15, 0.2) is 60.7 Å². The number of hydrogen-bond acceptors (Lipinski definition) is 4. The van der Waals surface area contributed by atoms with Gasteiger partial charge in [0, 0.05) is 31.6 Å². The molecule has 1 saturated heterocycles. The molecule has 1 aliphatic rings. The Morgan fingerprint density at radius 3 is 2.68 bits per heavy atom. The van der Waals surface area contributed by atoms with Gasteiger partial charge in [0.1, 0.15) is 5.75 Å². The number of nitrogens with one attached hydrogen (secondary N) is 1. The predicted octanol–water partition coefficient (Wildman–Crippen LogP) is 3.24. The number of methoxy groups -OCH3 is 1. The van der Waals surface area contributed by atoms with Crippen molar-refractivity contribution in [3.05, 3.63) is 71.9 Å². The Balaban J connectivity index is 1.80. The van der Waals surface area contributed by atoms with Crippen molar-refractivity contribution in [1.82, 2.24) is 15.2 Å². The molecule has 2 aromatic carbocycles. The highest BCUT2D eigenvalue weighted by Gasteiger charge is 2.25. The summed E-state index contributed by atoms with van der Waals surface area (Å²) in [5, 5.41) is 4.61. The number of para-hydroxylation sites is 1. The van der Waals surface area contributed by atoms with E-state index < -0.39 is 0 Å². The van der Waals surface area contributed by atoms with Crippen molar-refractivity contribution in [2.45, 2.75) is 6.04 Å². The maximum absolute atomic E-state index is 5.45. The van der Waals surface area contributed by atoms with Gasteiger partial charge in [-0.2, -0.15) is 0 Å². The molecule has 25 heavy (non-hydrogen) atoms. The zero-order valence-electron chi connectivity index (χ0n) is 14.5. The number of pyridine rings is 1. The Bertz CT molecular complexity index is 858. The van der Waals surface area contributed by atoms with Gasteiger partial charge < -0.3 is 10.1 Å². The largest absolute Gasteiger partial charge is 0.497 e. The third-order valence-electron chi connectivity index (χ3n) is 4.83. The van der Waals surface area contributed by atoms with Gasteiger partial charge >= 0.3 is 0 Å². The summed E-state index contributed by atoms with van der Waals surface area (Å²) in [6.07, 6.45) is 0. The quantitative estimate of drug-likeness (QED) is 0.795. The van der Waals surface area contributed by atoms with E-state index in [9.17, 15) is 0 Å². The number of aromatic nitrogens is 1. The first kappa shape index (κ1) is 16.1. The van der Waals surface area contributed by atoms with Crippen LogP contribution in [0, 0.1) is 0 Å². The first-order valence-electron chi connectivity index (χ1n) is 8.79. The highest BCUT2D eigenvalue weighted by atomic mass is 16.5. The van der Waals surface area contributed by atoms with Crippen molar-refractivity contribution >= 4 is 10.9 Å². The second-order valence-electron chi connectivity index (χ2n) is 6.39. The number of fused-ring (bicyclic) bond motifs is 1. The number of rotatable bonds is 4. The topological polar surface area (TPSA) is 37.4 Å². The molecule has 128 valence electrons. The molecule has 1 N–H and O–H groups in total. The zero-order valence-corrected chi connectivity index (χ0v) is 14.5. The number of piperazine rings is 1. The molecule has 0 bridgehead atoms. The van der Waals surface area contributed by atoms with Crippen molar-refractivity contribution in [3.63, 3.8) is 0 Å². The molecule has 1 aliphatic heterocycles. The van der Waals surface area contributed by atoms with E-state index in [0.29, 0.717) is 0 Å². The average Bonchev–Trinajstić information content (AvgIpc) is 2.69. The Hall–Kier alpha value is -2.43. The summed E-state index contributed by atoms with van der Waals surface area (Å²) < 4.78 is 5.45. The third kappa shape index (κ3) is 3.36. The van der Waals surface area contributed by atoms with Crippen LogP contribution >= 0.6 is 0 Å². The molecular formula is C21H23N3O. The molecule has 3 aromatic rings. The summed E-state index contributed by atoms with van der Waals surface area (Å²) >= 11 is 0. The smallest absolute Gasteiger partial charge is 0.119 e. The molecule has 1 atom stereocenters. The summed E-state index contributed by atoms with van der Waals surface area (Å²) in [6.45, 7) is 4.04. The molecule has 4 heteroatoms. The van der Waals surface area contributed by atoms with Gasteiger partial charge in [0.25, 0.3) is 0 Å². The van der Waals surface area contributed by atoms with Crippen LogP contribution in [0.2, 0.25) is 0 Å². The van der Waals surface area contributed by atoms with Gasteiger partial charge in [0.15, 0.2) is 0 Å². The van der Waals surface area contributed by atoms with E-state index in [-0.39, 0.29) is 6.04 Å². The Morgan fingerprint density at radius 1 is 1.00 bits per heavy atom.